The summed E-state index contributed by atoms with van der Waals surface area (Å²) in [6.07, 6.45) is 0.810. The molecule has 2 atom stereocenters. The minimum Gasteiger partial charge on any atom is -0.313 e. The molecule has 0 aliphatic heterocycles. The number of rotatable bonds is 3. The second-order valence-corrected chi connectivity index (χ2v) is 8.08. The molecule has 170 valence electrons. The predicted molar refractivity (Wildman–Crippen MR) is 114 cm³/mol. The number of H-pyrrole nitrogens is 2. The van der Waals surface area contributed by atoms with Crippen LogP contribution in [0.25, 0.3) is 27.9 Å². The molecule has 0 saturated heterocycles. The van der Waals surface area contributed by atoms with E-state index >= 15 is 0 Å². The summed E-state index contributed by atoms with van der Waals surface area (Å²) in [4.78, 5) is 40.9. The Labute approximate surface area is 187 Å². The summed E-state index contributed by atoms with van der Waals surface area (Å²) in [5, 5.41) is 4.43. The van der Waals surface area contributed by atoms with Crippen molar-refractivity contribution in [3.8, 4) is 11.3 Å². The van der Waals surface area contributed by atoms with E-state index in [0.717, 1.165) is 23.7 Å². The van der Waals surface area contributed by atoms with E-state index < -0.39 is 23.1 Å². The zero-order chi connectivity index (χ0) is 23.6. The van der Waals surface area contributed by atoms with Crippen molar-refractivity contribution in [2.45, 2.75) is 24.4 Å². The Morgan fingerprint density at radius 2 is 1.82 bits per heavy atom. The van der Waals surface area contributed by atoms with E-state index in [9.17, 15) is 22.8 Å². The number of hydrogen-bond donors (Lipinski definition) is 2. The molecule has 1 fully saturated rings. The maximum Gasteiger partial charge on any atom is 0.433 e. The number of nitrogens with one attached hydrogen (secondary N) is 2. The molecule has 5 aromatic rings. The van der Waals surface area contributed by atoms with Gasteiger partial charge in [-0.1, -0.05) is 0 Å². The van der Waals surface area contributed by atoms with Crippen LogP contribution in [0, 0.1) is 0 Å². The van der Waals surface area contributed by atoms with Crippen molar-refractivity contribution in [1.29, 1.82) is 0 Å². The van der Waals surface area contributed by atoms with Gasteiger partial charge in [0.05, 0.1) is 22.3 Å². The third kappa shape index (κ3) is 3.34. The van der Waals surface area contributed by atoms with Gasteiger partial charge in [-0.3, -0.25) is 14.8 Å². The average Bonchev–Trinajstić information content (AvgIpc) is 3.45. The largest absolute Gasteiger partial charge is 0.433 e. The molecule has 0 unspecified atom stereocenters. The van der Waals surface area contributed by atoms with E-state index in [1.54, 1.807) is 35.1 Å². The fraction of sp³-hybridized carbons (Fsp3) is 0.182. The number of pyridine rings is 2. The summed E-state index contributed by atoms with van der Waals surface area (Å²) in [5.74, 6) is 0.0529. The second kappa shape index (κ2) is 7.07. The zero-order valence-electron chi connectivity index (χ0n) is 17.2. The summed E-state index contributed by atoms with van der Waals surface area (Å²) in [6, 6.07) is 7.26. The Bertz CT molecular complexity index is 1700. The summed E-state index contributed by atoms with van der Waals surface area (Å²) in [5.41, 5.74) is 1.25. The van der Waals surface area contributed by atoms with Crippen molar-refractivity contribution >= 4 is 16.7 Å². The van der Waals surface area contributed by atoms with Gasteiger partial charge in [-0.2, -0.15) is 18.3 Å². The Morgan fingerprint density at radius 1 is 1.03 bits per heavy atom. The maximum absolute atomic E-state index is 12.9. The number of aromatic amines is 2. The minimum absolute atomic E-state index is 0.0244. The molecule has 1 aliphatic rings. The Hall–Kier alpha value is -4.35. The van der Waals surface area contributed by atoms with Crippen molar-refractivity contribution in [3.63, 3.8) is 0 Å². The molecule has 34 heavy (non-hydrogen) atoms. The van der Waals surface area contributed by atoms with Crippen LogP contribution in [-0.4, -0.2) is 34.5 Å². The van der Waals surface area contributed by atoms with E-state index in [0.29, 0.717) is 16.9 Å². The number of nitrogens with zero attached hydrogens (tertiary/aromatic N) is 5. The molecule has 2 N–H and O–H groups in total. The number of aromatic nitrogens is 7. The highest BCUT2D eigenvalue weighted by molar-refractivity contribution is 5.74. The molecule has 0 amide bonds. The second-order valence-electron chi connectivity index (χ2n) is 8.08. The number of halogens is 3. The Kier molecular flexibility index (Phi) is 4.22. The molecule has 0 bridgehead atoms. The van der Waals surface area contributed by atoms with Gasteiger partial charge < -0.3 is 4.98 Å². The van der Waals surface area contributed by atoms with Gasteiger partial charge in [-0.15, -0.1) is 0 Å². The van der Waals surface area contributed by atoms with Crippen LogP contribution < -0.4 is 11.2 Å². The lowest BCUT2D eigenvalue weighted by atomic mass is 10.1. The van der Waals surface area contributed by atoms with Crippen LogP contribution in [0.2, 0.25) is 0 Å². The van der Waals surface area contributed by atoms with Gasteiger partial charge in [0, 0.05) is 35.8 Å². The number of alkyl halides is 3. The Balaban J connectivity index is 1.38. The number of imidazole rings is 1. The van der Waals surface area contributed by atoms with Crippen LogP contribution in [0.15, 0.2) is 58.5 Å². The lowest BCUT2D eigenvalue weighted by Gasteiger charge is -2.08. The van der Waals surface area contributed by atoms with Gasteiger partial charge in [0.1, 0.15) is 5.69 Å². The Morgan fingerprint density at radius 3 is 2.62 bits per heavy atom. The van der Waals surface area contributed by atoms with Crippen molar-refractivity contribution < 1.29 is 13.2 Å². The fourth-order valence-corrected chi connectivity index (χ4v) is 4.20. The van der Waals surface area contributed by atoms with Crippen LogP contribution in [0.5, 0.6) is 0 Å². The first kappa shape index (κ1) is 20.3. The van der Waals surface area contributed by atoms with Crippen LogP contribution in [0.1, 0.15) is 35.2 Å². The quantitative estimate of drug-likeness (QED) is 0.423. The molecule has 6 rings (SSSR count). The number of hydrogen-bond acceptors (Lipinski definition) is 6. The average molecular weight is 465 g/mol. The SMILES string of the molecule is O=c1[nH]cc(-c2cc([C@H]3C[C@@H]3c3ccc4nc(C(F)(F)F)ccc4n3)c3nccn3n2)c(=O)[nH]1. The van der Waals surface area contributed by atoms with E-state index in [-0.39, 0.29) is 22.9 Å². The smallest absolute Gasteiger partial charge is 0.313 e. The molecule has 12 heteroatoms. The van der Waals surface area contributed by atoms with Crippen LogP contribution in [0.4, 0.5) is 13.2 Å². The first-order chi connectivity index (χ1) is 16.3. The molecule has 5 heterocycles. The molecule has 9 nitrogen and oxygen atoms in total. The van der Waals surface area contributed by atoms with Crippen molar-refractivity contribution in [3.05, 3.63) is 86.7 Å². The lowest BCUT2D eigenvalue weighted by molar-refractivity contribution is -0.140. The standard InChI is InChI=1S/C22H14F3N7O2/c23-22(24,25)18-4-3-15-16(29-18)2-1-14(28-15)11-7-10(11)12-8-17(31-32-6-5-26-19(12)32)13-9-27-21(34)30-20(13)33/h1-6,8-11H,7H2,(H2,27,30,33,34)/t10-,11-/m0/s1. The third-order valence-corrected chi connectivity index (χ3v) is 5.91. The predicted octanol–water partition coefficient (Wildman–Crippen LogP) is 3.01. The monoisotopic (exact) mass is 465 g/mol. The van der Waals surface area contributed by atoms with E-state index in [4.69, 9.17) is 0 Å². The molecule has 0 spiro atoms. The van der Waals surface area contributed by atoms with Crippen molar-refractivity contribution in [2.24, 2.45) is 0 Å². The highest BCUT2D eigenvalue weighted by Crippen LogP contribution is 2.55. The third-order valence-electron chi connectivity index (χ3n) is 5.91. The van der Waals surface area contributed by atoms with Crippen molar-refractivity contribution in [2.75, 3.05) is 0 Å². The normalized spacial score (nSPS) is 18.0. The molecule has 1 saturated carbocycles. The van der Waals surface area contributed by atoms with Crippen molar-refractivity contribution in [1.82, 2.24) is 34.5 Å². The summed E-state index contributed by atoms with van der Waals surface area (Å²) < 4.78 is 40.4. The molecular weight excluding hydrogens is 451 g/mol. The highest BCUT2D eigenvalue weighted by atomic mass is 19.4. The molecular formula is C22H14F3N7O2. The highest BCUT2D eigenvalue weighted by Gasteiger charge is 2.42. The number of fused-ring (bicyclic) bond motifs is 2. The maximum atomic E-state index is 12.9. The molecule has 5 aromatic heterocycles. The summed E-state index contributed by atoms with van der Waals surface area (Å²) in [6.45, 7) is 0. The zero-order valence-corrected chi connectivity index (χ0v) is 17.2. The molecule has 0 aromatic carbocycles. The van der Waals surface area contributed by atoms with E-state index in [1.807, 2.05) is 0 Å². The van der Waals surface area contributed by atoms with E-state index in [1.165, 1.54) is 12.3 Å². The summed E-state index contributed by atoms with van der Waals surface area (Å²) in [7, 11) is 0. The van der Waals surface area contributed by atoms with Crippen LogP contribution >= 0.6 is 0 Å². The lowest BCUT2D eigenvalue weighted by Crippen LogP contribution is -2.23. The van der Waals surface area contributed by atoms with E-state index in [2.05, 4.69) is 30.0 Å². The minimum atomic E-state index is -4.52. The van der Waals surface area contributed by atoms with Gasteiger partial charge in [0.15, 0.2) is 5.65 Å². The summed E-state index contributed by atoms with van der Waals surface area (Å²) >= 11 is 0. The van der Waals surface area contributed by atoms with Gasteiger partial charge in [-0.05, 0) is 42.7 Å². The van der Waals surface area contributed by atoms with Gasteiger partial charge in [-0.25, -0.2) is 19.3 Å². The van der Waals surface area contributed by atoms with Crippen LogP contribution in [-0.2, 0) is 6.18 Å². The molecule has 0 radical (unpaired) electrons. The molecule has 1 aliphatic carbocycles. The van der Waals surface area contributed by atoms with Gasteiger partial charge >= 0.3 is 11.9 Å². The van der Waals surface area contributed by atoms with Gasteiger partial charge in [0.2, 0.25) is 0 Å². The fourth-order valence-electron chi connectivity index (χ4n) is 4.20. The van der Waals surface area contributed by atoms with Crippen LogP contribution in [0.3, 0.4) is 0 Å². The topological polar surface area (TPSA) is 122 Å². The first-order valence-corrected chi connectivity index (χ1v) is 10.3. The van der Waals surface area contributed by atoms with Gasteiger partial charge in [0.25, 0.3) is 5.56 Å². The first-order valence-electron chi connectivity index (χ1n) is 10.3.